The molecular formula is C11H14BrN3S. The van der Waals surface area contributed by atoms with Gasteiger partial charge in [-0.2, -0.15) is 0 Å². The van der Waals surface area contributed by atoms with Crippen LogP contribution in [0, 0.1) is 0 Å². The van der Waals surface area contributed by atoms with Gasteiger partial charge < -0.3 is 10.3 Å². The number of imidazole rings is 1. The summed E-state index contributed by atoms with van der Waals surface area (Å²) in [6, 6.07) is 4.59. The number of likely N-dealkylation sites (N-methyl/N-ethyl adjacent to an activating group) is 1. The molecule has 0 aliphatic carbocycles. The Morgan fingerprint density at radius 1 is 1.56 bits per heavy atom. The largest absolute Gasteiger partial charge is 0.349 e. The van der Waals surface area contributed by atoms with Crippen LogP contribution in [0.15, 0.2) is 28.3 Å². The summed E-state index contributed by atoms with van der Waals surface area (Å²) in [4.78, 5) is 8.75. The summed E-state index contributed by atoms with van der Waals surface area (Å²) in [6.07, 6.45) is 4.55. The molecular weight excluding hydrogens is 286 g/mol. The fourth-order valence-electron chi connectivity index (χ4n) is 1.64. The molecule has 2 N–H and O–H groups in total. The van der Waals surface area contributed by atoms with Gasteiger partial charge in [0.2, 0.25) is 0 Å². The Kier molecular flexibility index (Phi) is 4.15. The van der Waals surface area contributed by atoms with E-state index in [1.54, 1.807) is 17.5 Å². The van der Waals surface area contributed by atoms with Crippen molar-refractivity contribution in [3.05, 3.63) is 39.0 Å². The third kappa shape index (κ3) is 2.93. The second-order valence-electron chi connectivity index (χ2n) is 3.49. The summed E-state index contributed by atoms with van der Waals surface area (Å²) >= 11 is 5.27. The number of hydrogen-bond acceptors (Lipinski definition) is 3. The fourth-order valence-corrected chi connectivity index (χ4v) is 3.14. The molecule has 0 saturated heterocycles. The van der Waals surface area contributed by atoms with Crippen LogP contribution < -0.4 is 5.32 Å². The standard InChI is InChI=1S/C11H14BrN3S/c1-2-13-8(7-11-14-5-6-15-11)9-3-4-10(12)16-9/h3-6,8,13H,2,7H2,1H3,(H,14,15). The molecule has 0 amide bonds. The summed E-state index contributed by atoms with van der Waals surface area (Å²) < 4.78 is 1.17. The molecule has 2 aromatic rings. The normalized spacial score (nSPS) is 12.9. The van der Waals surface area contributed by atoms with Crippen molar-refractivity contribution in [1.29, 1.82) is 0 Å². The first-order valence-electron chi connectivity index (χ1n) is 5.26. The number of nitrogens with one attached hydrogen (secondary N) is 2. The Morgan fingerprint density at radius 3 is 3.00 bits per heavy atom. The number of thiophene rings is 1. The zero-order chi connectivity index (χ0) is 11.4. The maximum atomic E-state index is 4.27. The van der Waals surface area contributed by atoms with E-state index in [2.05, 4.69) is 50.3 Å². The van der Waals surface area contributed by atoms with E-state index in [4.69, 9.17) is 0 Å². The molecule has 5 heteroatoms. The van der Waals surface area contributed by atoms with E-state index in [1.807, 2.05) is 6.20 Å². The maximum Gasteiger partial charge on any atom is 0.107 e. The third-order valence-corrected chi connectivity index (χ3v) is 4.08. The summed E-state index contributed by atoms with van der Waals surface area (Å²) in [5, 5.41) is 3.48. The van der Waals surface area contributed by atoms with Gasteiger partial charge in [0.05, 0.1) is 3.79 Å². The average Bonchev–Trinajstić information content (AvgIpc) is 2.88. The van der Waals surface area contributed by atoms with Crippen molar-refractivity contribution in [1.82, 2.24) is 15.3 Å². The van der Waals surface area contributed by atoms with E-state index in [-0.39, 0.29) is 0 Å². The SMILES string of the molecule is CCNC(Cc1ncc[nH]1)c1ccc(Br)s1. The monoisotopic (exact) mass is 299 g/mol. The minimum atomic E-state index is 0.340. The lowest BCUT2D eigenvalue weighted by molar-refractivity contribution is 0.547. The molecule has 0 bridgehead atoms. The first-order chi connectivity index (χ1) is 7.79. The molecule has 0 fully saturated rings. The van der Waals surface area contributed by atoms with Gasteiger partial charge in [-0.25, -0.2) is 4.98 Å². The highest BCUT2D eigenvalue weighted by atomic mass is 79.9. The lowest BCUT2D eigenvalue weighted by Gasteiger charge is -2.14. The summed E-state index contributed by atoms with van der Waals surface area (Å²) in [5.41, 5.74) is 0. The van der Waals surface area contributed by atoms with Gasteiger partial charge >= 0.3 is 0 Å². The Balaban J connectivity index is 2.11. The lowest BCUT2D eigenvalue weighted by Crippen LogP contribution is -2.22. The summed E-state index contributed by atoms with van der Waals surface area (Å²) in [6.45, 7) is 3.08. The lowest BCUT2D eigenvalue weighted by atomic mass is 10.1. The smallest absolute Gasteiger partial charge is 0.107 e. The first-order valence-corrected chi connectivity index (χ1v) is 6.87. The van der Waals surface area contributed by atoms with Gasteiger partial charge in [0, 0.05) is 29.7 Å². The predicted molar refractivity (Wildman–Crippen MR) is 70.7 cm³/mol. The molecule has 1 unspecified atom stereocenters. The Bertz CT molecular complexity index is 424. The molecule has 2 rings (SSSR count). The van der Waals surface area contributed by atoms with Gasteiger partial charge in [-0.05, 0) is 34.6 Å². The van der Waals surface area contributed by atoms with Gasteiger partial charge in [0.25, 0.3) is 0 Å². The van der Waals surface area contributed by atoms with Crippen LogP contribution in [0.5, 0.6) is 0 Å². The van der Waals surface area contributed by atoms with E-state index in [0.29, 0.717) is 6.04 Å². The fraction of sp³-hybridized carbons (Fsp3) is 0.364. The van der Waals surface area contributed by atoms with Crippen LogP contribution in [0.4, 0.5) is 0 Å². The number of aromatic nitrogens is 2. The van der Waals surface area contributed by atoms with Crippen LogP contribution in [0.2, 0.25) is 0 Å². The molecule has 1 atom stereocenters. The molecule has 16 heavy (non-hydrogen) atoms. The average molecular weight is 300 g/mol. The van der Waals surface area contributed by atoms with Crippen LogP contribution in [0.3, 0.4) is 0 Å². The van der Waals surface area contributed by atoms with Gasteiger partial charge in [-0.3, -0.25) is 0 Å². The summed E-state index contributed by atoms with van der Waals surface area (Å²) in [7, 11) is 0. The van der Waals surface area contributed by atoms with E-state index >= 15 is 0 Å². The van der Waals surface area contributed by atoms with Crippen LogP contribution >= 0.6 is 27.3 Å². The number of hydrogen-bond donors (Lipinski definition) is 2. The van der Waals surface area contributed by atoms with E-state index < -0.39 is 0 Å². The third-order valence-electron chi connectivity index (χ3n) is 2.34. The molecule has 3 nitrogen and oxygen atoms in total. The van der Waals surface area contributed by atoms with Crippen molar-refractivity contribution in [2.24, 2.45) is 0 Å². The summed E-state index contributed by atoms with van der Waals surface area (Å²) in [5.74, 6) is 1.02. The molecule has 0 spiro atoms. The first kappa shape index (κ1) is 11.8. The highest BCUT2D eigenvalue weighted by Gasteiger charge is 2.14. The highest BCUT2D eigenvalue weighted by molar-refractivity contribution is 9.11. The van der Waals surface area contributed by atoms with Crippen LogP contribution in [0.1, 0.15) is 23.7 Å². The van der Waals surface area contributed by atoms with Gasteiger partial charge in [0.1, 0.15) is 5.82 Å². The van der Waals surface area contributed by atoms with Crippen molar-refractivity contribution in [3.63, 3.8) is 0 Å². The Hall–Kier alpha value is -0.650. The van der Waals surface area contributed by atoms with Gasteiger partial charge in [-0.15, -0.1) is 11.3 Å². The number of aromatic amines is 1. The second kappa shape index (κ2) is 5.61. The van der Waals surface area contributed by atoms with Crippen LogP contribution in [0.25, 0.3) is 0 Å². The molecule has 0 saturated carbocycles. The van der Waals surface area contributed by atoms with Gasteiger partial charge in [0.15, 0.2) is 0 Å². The van der Waals surface area contributed by atoms with E-state index in [9.17, 15) is 0 Å². The zero-order valence-corrected chi connectivity index (χ0v) is 11.4. The zero-order valence-electron chi connectivity index (χ0n) is 9.03. The van der Waals surface area contributed by atoms with E-state index in [1.165, 1.54) is 8.66 Å². The van der Waals surface area contributed by atoms with Crippen molar-refractivity contribution in [3.8, 4) is 0 Å². The molecule has 0 aliphatic rings. The topological polar surface area (TPSA) is 40.7 Å². The minimum Gasteiger partial charge on any atom is -0.349 e. The molecule has 0 aromatic carbocycles. The highest BCUT2D eigenvalue weighted by Crippen LogP contribution is 2.28. The van der Waals surface area contributed by atoms with E-state index in [0.717, 1.165) is 18.8 Å². The number of nitrogens with zero attached hydrogens (tertiary/aromatic N) is 1. The van der Waals surface area contributed by atoms with Crippen molar-refractivity contribution in [2.45, 2.75) is 19.4 Å². The quantitative estimate of drug-likeness (QED) is 0.890. The number of halogens is 1. The van der Waals surface area contributed by atoms with Crippen LogP contribution in [-0.4, -0.2) is 16.5 Å². The number of H-pyrrole nitrogens is 1. The minimum absolute atomic E-state index is 0.340. The number of rotatable bonds is 5. The molecule has 0 radical (unpaired) electrons. The van der Waals surface area contributed by atoms with Gasteiger partial charge in [-0.1, -0.05) is 6.92 Å². The molecule has 86 valence electrons. The van der Waals surface area contributed by atoms with Crippen molar-refractivity contribution in [2.75, 3.05) is 6.54 Å². The molecule has 2 aromatic heterocycles. The maximum absolute atomic E-state index is 4.27. The predicted octanol–water partition coefficient (Wildman–Crippen LogP) is 3.13. The Labute approximate surface area is 107 Å². The van der Waals surface area contributed by atoms with Crippen molar-refractivity contribution < 1.29 is 0 Å². The molecule has 2 heterocycles. The van der Waals surface area contributed by atoms with Crippen molar-refractivity contribution >= 4 is 27.3 Å². The van der Waals surface area contributed by atoms with Crippen LogP contribution in [-0.2, 0) is 6.42 Å². The Morgan fingerprint density at radius 2 is 2.44 bits per heavy atom. The molecule has 0 aliphatic heterocycles. The second-order valence-corrected chi connectivity index (χ2v) is 5.99.